The third kappa shape index (κ3) is 4.28. The highest BCUT2D eigenvalue weighted by molar-refractivity contribution is 7.84. The maximum absolute atomic E-state index is 11.7. The van der Waals surface area contributed by atoms with Crippen molar-refractivity contribution in [3.63, 3.8) is 0 Å². The summed E-state index contributed by atoms with van der Waals surface area (Å²) in [6, 6.07) is 8.75. The van der Waals surface area contributed by atoms with E-state index in [4.69, 9.17) is 11.6 Å². The zero-order valence-corrected chi connectivity index (χ0v) is 17.8. The van der Waals surface area contributed by atoms with Gasteiger partial charge < -0.3 is 15.0 Å². The van der Waals surface area contributed by atoms with Crippen LogP contribution < -0.4 is 10.0 Å². The Hall–Kier alpha value is -2.24. The molecule has 1 fully saturated rings. The van der Waals surface area contributed by atoms with E-state index < -0.39 is 22.4 Å². The van der Waals surface area contributed by atoms with E-state index in [1.54, 1.807) is 0 Å². The lowest BCUT2D eigenvalue weighted by atomic mass is 10.2. The van der Waals surface area contributed by atoms with Crippen LogP contribution in [0.4, 0.5) is 5.82 Å². The van der Waals surface area contributed by atoms with Crippen LogP contribution in [0.1, 0.15) is 24.4 Å². The first-order valence-electron chi connectivity index (χ1n) is 9.42. The van der Waals surface area contributed by atoms with Gasteiger partial charge in [-0.3, -0.25) is 4.18 Å². The first kappa shape index (κ1) is 21.0. The van der Waals surface area contributed by atoms with Crippen LogP contribution in [0, 0.1) is 0 Å². The molecule has 4 rings (SSSR count). The van der Waals surface area contributed by atoms with Gasteiger partial charge in [0, 0.05) is 23.8 Å². The molecule has 1 aromatic carbocycles. The molecule has 2 heterocycles. The highest BCUT2D eigenvalue weighted by Crippen LogP contribution is 2.34. The molecule has 0 unspecified atom stereocenters. The molecule has 0 aliphatic heterocycles. The maximum Gasteiger partial charge on any atom is 0.335 e. The van der Waals surface area contributed by atoms with E-state index in [2.05, 4.69) is 24.2 Å². The van der Waals surface area contributed by atoms with Gasteiger partial charge in [0.2, 0.25) is 0 Å². The fourth-order valence-corrected chi connectivity index (χ4v) is 4.73. The van der Waals surface area contributed by atoms with Crippen LogP contribution in [0.2, 0.25) is 5.02 Å². The third-order valence-corrected chi connectivity index (χ3v) is 6.72. The molecule has 1 saturated carbocycles. The van der Waals surface area contributed by atoms with Crippen molar-refractivity contribution in [1.29, 1.82) is 0 Å². The monoisotopic (exact) mass is 451 g/mol. The average Bonchev–Trinajstić information content (AvgIpc) is 3.31. The summed E-state index contributed by atoms with van der Waals surface area (Å²) in [7, 11) is -2.80. The second-order valence-electron chi connectivity index (χ2n) is 7.17. The van der Waals surface area contributed by atoms with Gasteiger partial charge in [-0.15, -0.1) is 0 Å². The molecule has 160 valence electrons. The number of fused-ring (bicyclic) bond motifs is 1. The molecule has 9 nitrogen and oxygen atoms in total. The zero-order valence-electron chi connectivity index (χ0n) is 16.2. The molecular formula is C19H22ClN5O4S. The normalized spacial score (nSPS) is 21.9. The SMILES string of the molecule is COS(=O)(=O)N[C@H]1C[C@@H](n2ccc3c(NCc4ccccc4Cl)ncnc32)C[C@@H]1O. The Kier molecular flexibility index (Phi) is 5.94. The standard InChI is InChI=1S/C19H22ClN5O4S/c1-29-30(27,28)24-16-8-13(9-17(16)26)25-7-6-14-18(22-11-23-19(14)25)21-10-12-4-2-3-5-15(12)20/h2-7,11,13,16-17,24,26H,8-10H2,1H3,(H,21,22,23)/t13-,16+,17+/m1/s1. The fraction of sp³-hybridized carbons (Fsp3) is 0.368. The highest BCUT2D eigenvalue weighted by Gasteiger charge is 2.37. The minimum Gasteiger partial charge on any atom is -0.391 e. The number of aromatic nitrogens is 3. The fourth-order valence-electron chi connectivity index (χ4n) is 3.80. The summed E-state index contributed by atoms with van der Waals surface area (Å²) in [4.78, 5) is 8.75. The van der Waals surface area contributed by atoms with Gasteiger partial charge in [-0.05, 0) is 30.5 Å². The van der Waals surface area contributed by atoms with E-state index in [1.165, 1.54) is 6.33 Å². The van der Waals surface area contributed by atoms with Crippen molar-refractivity contribution >= 4 is 38.8 Å². The summed E-state index contributed by atoms with van der Waals surface area (Å²) in [6.07, 6.45) is 3.35. The molecule has 3 N–H and O–H groups in total. The first-order chi connectivity index (χ1) is 14.4. The lowest BCUT2D eigenvalue weighted by molar-refractivity contribution is 0.154. The van der Waals surface area contributed by atoms with Gasteiger partial charge in [-0.1, -0.05) is 29.8 Å². The minimum absolute atomic E-state index is 0.117. The highest BCUT2D eigenvalue weighted by atomic mass is 35.5. The summed E-state index contributed by atoms with van der Waals surface area (Å²) in [5.41, 5.74) is 1.66. The van der Waals surface area contributed by atoms with Crippen LogP contribution in [0.5, 0.6) is 0 Å². The number of rotatable bonds is 7. The second-order valence-corrected chi connectivity index (χ2v) is 9.05. The molecule has 0 bridgehead atoms. The summed E-state index contributed by atoms with van der Waals surface area (Å²) in [5, 5.41) is 15.1. The summed E-state index contributed by atoms with van der Waals surface area (Å²) in [6.45, 7) is 0.514. The lowest BCUT2D eigenvalue weighted by Gasteiger charge is -2.15. The van der Waals surface area contributed by atoms with Crippen molar-refractivity contribution < 1.29 is 17.7 Å². The van der Waals surface area contributed by atoms with Crippen LogP contribution in [0.25, 0.3) is 11.0 Å². The molecule has 30 heavy (non-hydrogen) atoms. The van der Waals surface area contributed by atoms with Gasteiger partial charge in [0.15, 0.2) is 0 Å². The smallest absolute Gasteiger partial charge is 0.335 e. The van der Waals surface area contributed by atoms with Gasteiger partial charge in [0.1, 0.15) is 17.8 Å². The topological polar surface area (TPSA) is 118 Å². The van der Waals surface area contributed by atoms with Gasteiger partial charge >= 0.3 is 10.3 Å². The molecule has 0 saturated heterocycles. The number of anilines is 1. The van der Waals surface area contributed by atoms with Crippen molar-refractivity contribution in [2.24, 2.45) is 0 Å². The molecule has 3 aromatic rings. The number of nitrogens with zero attached hydrogens (tertiary/aromatic N) is 3. The van der Waals surface area contributed by atoms with Crippen molar-refractivity contribution in [3.8, 4) is 0 Å². The van der Waals surface area contributed by atoms with Crippen LogP contribution in [-0.4, -0.2) is 47.3 Å². The van der Waals surface area contributed by atoms with Crippen LogP contribution in [0.15, 0.2) is 42.9 Å². The van der Waals surface area contributed by atoms with Gasteiger partial charge in [0.25, 0.3) is 0 Å². The molecular weight excluding hydrogens is 430 g/mol. The summed E-state index contributed by atoms with van der Waals surface area (Å²) in [5.74, 6) is 0.675. The Balaban J connectivity index is 1.54. The molecule has 11 heteroatoms. The number of benzene rings is 1. The number of hydrogen-bond acceptors (Lipinski definition) is 7. The maximum atomic E-state index is 11.7. The predicted octanol–water partition coefficient (Wildman–Crippen LogP) is 2.24. The molecule has 0 radical (unpaired) electrons. The Morgan fingerprint density at radius 1 is 1.27 bits per heavy atom. The molecule has 3 atom stereocenters. The van der Waals surface area contributed by atoms with Crippen LogP contribution in [-0.2, 0) is 21.0 Å². The molecule has 0 amide bonds. The Morgan fingerprint density at radius 3 is 2.83 bits per heavy atom. The quantitative estimate of drug-likeness (QED) is 0.504. The number of aliphatic hydroxyl groups excluding tert-OH is 1. The predicted molar refractivity (Wildman–Crippen MR) is 113 cm³/mol. The van der Waals surface area contributed by atoms with Crippen molar-refractivity contribution in [1.82, 2.24) is 19.3 Å². The third-order valence-electron chi connectivity index (χ3n) is 5.33. The van der Waals surface area contributed by atoms with Gasteiger partial charge in [-0.2, -0.15) is 13.1 Å². The average molecular weight is 452 g/mol. The summed E-state index contributed by atoms with van der Waals surface area (Å²) < 4.78 is 32.1. The largest absolute Gasteiger partial charge is 0.391 e. The molecule has 0 spiro atoms. The van der Waals surface area contributed by atoms with Gasteiger partial charge in [-0.25, -0.2) is 9.97 Å². The second kappa shape index (κ2) is 8.48. The Morgan fingerprint density at radius 2 is 2.07 bits per heavy atom. The van der Waals surface area contributed by atoms with E-state index in [0.717, 1.165) is 18.1 Å². The first-order valence-corrected chi connectivity index (χ1v) is 11.2. The van der Waals surface area contributed by atoms with E-state index >= 15 is 0 Å². The number of hydrogen-bond donors (Lipinski definition) is 3. The molecule has 2 aromatic heterocycles. The minimum atomic E-state index is -3.88. The molecule has 1 aliphatic rings. The Bertz CT molecular complexity index is 1150. The van der Waals surface area contributed by atoms with Crippen molar-refractivity contribution in [2.45, 2.75) is 37.6 Å². The van der Waals surface area contributed by atoms with E-state index in [0.29, 0.717) is 35.9 Å². The number of halogens is 1. The number of nitrogens with one attached hydrogen (secondary N) is 2. The Labute approximate surface area is 179 Å². The van der Waals surface area contributed by atoms with Crippen molar-refractivity contribution in [3.05, 3.63) is 53.4 Å². The van der Waals surface area contributed by atoms with Crippen LogP contribution >= 0.6 is 11.6 Å². The van der Waals surface area contributed by atoms with E-state index in [1.807, 2.05) is 41.1 Å². The number of aliphatic hydroxyl groups is 1. The van der Waals surface area contributed by atoms with E-state index in [9.17, 15) is 13.5 Å². The van der Waals surface area contributed by atoms with Crippen LogP contribution in [0.3, 0.4) is 0 Å². The summed E-state index contributed by atoms with van der Waals surface area (Å²) >= 11 is 6.22. The van der Waals surface area contributed by atoms with E-state index in [-0.39, 0.29) is 6.04 Å². The zero-order chi connectivity index (χ0) is 21.3. The lowest BCUT2D eigenvalue weighted by Crippen LogP contribution is -2.40. The molecule has 1 aliphatic carbocycles. The van der Waals surface area contributed by atoms with Gasteiger partial charge in [0.05, 0.1) is 24.6 Å². The van der Waals surface area contributed by atoms with Crippen molar-refractivity contribution in [2.75, 3.05) is 12.4 Å².